The molecule has 0 saturated heterocycles. The van der Waals surface area contributed by atoms with Crippen LogP contribution in [0, 0.1) is 0 Å². The minimum absolute atomic E-state index is 0.117. The van der Waals surface area contributed by atoms with Crippen LogP contribution < -0.4 is 5.32 Å². The van der Waals surface area contributed by atoms with E-state index in [9.17, 15) is 14.7 Å². The number of carbonyl (C=O) groups is 2. The molecule has 1 amide bonds. The zero-order valence-corrected chi connectivity index (χ0v) is 12.6. The summed E-state index contributed by atoms with van der Waals surface area (Å²) >= 11 is 1.77. The van der Waals surface area contributed by atoms with Gasteiger partial charge in [-0.15, -0.1) is 0 Å². The van der Waals surface area contributed by atoms with Crippen molar-refractivity contribution in [2.75, 3.05) is 11.5 Å². The number of carbonyl (C=O) groups excluding carboxylic acids is 1. The largest absolute Gasteiger partial charge is 0.480 e. The number of amides is 1. The smallest absolute Gasteiger partial charge is 0.329 e. The maximum absolute atomic E-state index is 11.9. The van der Waals surface area contributed by atoms with Gasteiger partial charge in [-0.25, -0.2) is 4.79 Å². The molecule has 0 aliphatic heterocycles. The summed E-state index contributed by atoms with van der Waals surface area (Å²) in [6.07, 6.45) is 6.73. The van der Waals surface area contributed by atoms with Crippen molar-refractivity contribution in [2.45, 2.75) is 63.8 Å². The van der Waals surface area contributed by atoms with E-state index in [1.54, 1.807) is 11.8 Å². The van der Waals surface area contributed by atoms with Crippen LogP contribution in [0.25, 0.3) is 0 Å². The summed E-state index contributed by atoms with van der Waals surface area (Å²) < 4.78 is 0. The molecule has 1 rings (SSSR count). The molecule has 0 atom stereocenters. The van der Waals surface area contributed by atoms with Gasteiger partial charge in [0.25, 0.3) is 0 Å². The van der Waals surface area contributed by atoms with Crippen molar-refractivity contribution in [1.29, 1.82) is 0 Å². The SMILES string of the molecule is CCCCSCCC(=O)NC1(C(=O)O)CCCCC1. The lowest BCUT2D eigenvalue weighted by molar-refractivity contribution is -0.149. The van der Waals surface area contributed by atoms with Crippen molar-refractivity contribution in [3.63, 3.8) is 0 Å². The molecule has 1 aliphatic carbocycles. The minimum Gasteiger partial charge on any atom is -0.480 e. The molecule has 0 unspecified atom stereocenters. The molecule has 0 aromatic heterocycles. The minimum atomic E-state index is -0.997. The van der Waals surface area contributed by atoms with Crippen LogP contribution in [0.3, 0.4) is 0 Å². The highest BCUT2D eigenvalue weighted by Crippen LogP contribution is 2.28. The van der Waals surface area contributed by atoms with E-state index in [0.29, 0.717) is 19.3 Å². The fourth-order valence-corrected chi connectivity index (χ4v) is 3.42. The quantitative estimate of drug-likeness (QED) is 0.674. The van der Waals surface area contributed by atoms with E-state index in [2.05, 4.69) is 12.2 Å². The molecule has 0 spiro atoms. The Labute approximate surface area is 119 Å². The van der Waals surface area contributed by atoms with Gasteiger partial charge in [0.15, 0.2) is 0 Å². The molecule has 19 heavy (non-hydrogen) atoms. The summed E-state index contributed by atoms with van der Waals surface area (Å²) in [7, 11) is 0. The van der Waals surface area contributed by atoms with Gasteiger partial charge in [0.1, 0.15) is 5.54 Å². The van der Waals surface area contributed by atoms with Crippen molar-refractivity contribution in [1.82, 2.24) is 5.32 Å². The van der Waals surface area contributed by atoms with Gasteiger partial charge < -0.3 is 10.4 Å². The van der Waals surface area contributed by atoms with Crippen molar-refractivity contribution in [3.8, 4) is 0 Å². The Kier molecular flexibility index (Phi) is 7.28. The standard InChI is InChI=1S/C14H25NO3S/c1-2-3-10-19-11-7-12(16)15-14(13(17)18)8-5-4-6-9-14/h2-11H2,1H3,(H,15,16)(H,17,18). The summed E-state index contributed by atoms with van der Waals surface area (Å²) in [6, 6.07) is 0. The van der Waals surface area contributed by atoms with E-state index in [4.69, 9.17) is 0 Å². The molecule has 2 N–H and O–H groups in total. The highest BCUT2D eigenvalue weighted by Gasteiger charge is 2.40. The van der Waals surface area contributed by atoms with Crippen LogP contribution in [0.5, 0.6) is 0 Å². The van der Waals surface area contributed by atoms with Crippen LogP contribution in [-0.2, 0) is 9.59 Å². The molecule has 0 bridgehead atoms. The van der Waals surface area contributed by atoms with Crippen LogP contribution in [-0.4, -0.2) is 34.0 Å². The first-order chi connectivity index (χ1) is 9.10. The summed E-state index contributed by atoms with van der Waals surface area (Å²) in [5, 5.41) is 12.1. The van der Waals surface area contributed by atoms with E-state index in [-0.39, 0.29) is 5.91 Å². The highest BCUT2D eigenvalue weighted by atomic mass is 32.2. The van der Waals surface area contributed by atoms with Crippen molar-refractivity contribution in [2.24, 2.45) is 0 Å². The topological polar surface area (TPSA) is 66.4 Å². The summed E-state index contributed by atoms with van der Waals surface area (Å²) in [4.78, 5) is 23.3. The van der Waals surface area contributed by atoms with Gasteiger partial charge in [0, 0.05) is 12.2 Å². The molecular weight excluding hydrogens is 262 g/mol. The van der Waals surface area contributed by atoms with E-state index < -0.39 is 11.5 Å². The van der Waals surface area contributed by atoms with Gasteiger partial charge in [0.05, 0.1) is 0 Å². The molecule has 4 nitrogen and oxygen atoms in total. The average molecular weight is 287 g/mol. The number of hydrogen-bond donors (Lipinski definition) is 2. The number of unbranched alkanes of at least 4 members (excludes halogenated alkanes) is 1. The monoisotopic (exact) mass is 287 g/mol. The van der Waals surface area contributed by atoms with Gasteiger partial charge in [-0.2, -0.15) is 11.8 Å². The van der Waals surface area contributed by atoms with E-state index in [0.717, 1.165) is 30.8 Å². The second-order valence-electron chi connectivity index (χ2n) is 5.21. The van der Waals surface area contributed by atoms with E-state index in [1.807, 2.05) is 0 Å². The number of rotatable bonds is 8. The number of carboxylic acid groups (broad SMARTS) is 1. The Morgan fingerprint density at radius 3 is 2.47 bits per heavy atom. The Morgan fingerprint density at radius 2 is 1.89 bits per heavy atom. The van der Waals surface area contributed by atoms with Gasteiger partial charge in [0.2, 0.25) is 5.91 Å². The highest BCUT2D eigenvalue weighted by molar-refractivity contribution is 7.99. The Balaban J connectivity index is 2.33. The molecular formula is C14H25NO3S. The van der Waals surface area contributed by atoms with Crippen molar-refractivity contribution >= 4 is 23.6 Å². The zero-order valence-electron chi connectivity index (χ0n) is 11.7. The lowest BCUT2D eigenvalue weighted by Crippen LogP contribution is -2.55. The molecule has 1 saturated carbocycles. The summed E-state index contributed by atoms with van der Waals surface area (Å²) in [5.74, 6) is 0.863. The first-order valence-electron chi connectivity index (χ1n) is 7.23. The first kappa shape index (κ1) is 16.3. The van der Waals surface area contributed by atoms with Crippen molar-refractivity contribution in [3.05, 3.63) is 0 Å². The summed E-state index contributed by atoms with van der Waals surface area (Å²) in [6.45, 7) is 2.15. The summed E-state index contributed by atoms with van der Waals surface area (Å²) in [5.41, 5.74) is -0.997. The maximum Gasteiger partial charge on any atom is 0.329 e. The second-order valence-corrected chi connectivity index (χ2v) is 6.44. The van der Waals surface area contributed by atoms with Crippen LogP contribution in [0.1, 0.15) is 58.3 Å². The van der Waals surface area contributed by atoms with Crippen LogP contribution >= 0.6 is 11.8 Å². The third-order valence-corrected chi connectivity index (χ3v) is 4.68. The average Bonchev–Trinajstić information content (AvgIpc) is 2.39. The third-order valence-electron chi connectivity index (χ3n) is 3.61. The predicted molar refractivity (Wildman–Crippen MR) is 78.4 cm³/mol. The third kappa shape index (κ3) is 5.43. The number of aliphatic carboxylic acids is 1. The van der Waals surface area contributed by atoms with Crippen LogP contribution in [0.2, 0.25) is 0 Å². The Morgan fingerprint density at radius 1 is 1.21 bits per heavy atom. The number of carboxylic acids is 1. The predicted octanol–water partition coefficient (Wildman–Crippen LogP) is 2.81. The van der Waals surface area contributed by atoms with Crippen LogP contribution in [0.4, 0.5) is 0 Å². The molecule has 110 valence electrons. The zero-order chi connectivity index (χ0) is 14.1. The fourth-order valence-electron chi connectivity index (χ4n) is 2.39. The van der Waals surface area contributed by atoms with E-state index in [1.165, 1.54) is 12.8 Å². The lowest BCUT2D eigenvalue weighted by Gasteiger charge is -2.34. The number of nitrogens with one attached hydrogen (secondary N) is 1. The van der Waals surface area contributed by atoms with Gasteiger partial charge >= 0.3 is 5.97 Å². The molecule has 0 heterocycles. The molecule has 1 fully saturated rings. The van der Waals surface area contributed by atoms with E-state index >= 15 is 0 Å². The number of thioether (sulfide) groups is 1. The Hall–Kier alpha value is -0.710. The normalized spacial score (nSPS) is 17.9. The molecule has 0 aromatic carbocycles. The Bertz CT molecular complexity index is 301. The number of hydrogen-bond acceptors (Lipinski definition) is 3. The molecule has 1 aliphatic rings. The van der Waals surface area contributed by atoms with Crippen LogP contribution in [0.15, 0.2) is 0 Å². The fraction of sp³-hybridized carbons (Fsp3) is 0.857. The van der Waals surface area contributed by atoms with Gasteiger partial charge in [-0.1, -0.05) is 32.6 Å². The first-order valence-corrected chi connectivity index (χ1v) is 8.38. The lowest BCUT2D eigenvalue weighted by atomic mass is 9.81. The van der Waals surface area contributed by atoms with Gasteiger partial charge in [-0.05, 0) is 25.0 Å². The van der Waals surface area contributed by atoms with Crippen molar-refractivity contribution < 1.29 is 14.7 Å². The molecule has 0 aromatic rings. The maximum atomic E-state index is 11.9. The molecule has 5 heteroatoms. The second kappa shape index (κ2) is 8.46. The molecule has 0 radical (unpaired) electrons. The van der Waals surface area contributed by atoms with Gasteiger partial charge in [-0.3, -0.25) is 4.79 Å².